The fraction of sp³-hybridized carbons (Fsp3) is 0.176. The Kier molecular flexibility index (Phi) is 3.69. The number of carbonyl (C=O) groups is 2. The molecule has 0 amide bonds. The molecule has 106 valence electrons. The molecule has 1 aliphatic heterocycles. The summed E-state index contributed by atoms with van der Waals surface area (Å²) >= 11 is 0. The van der Waals surface area contributed by atoms with Crippen LogP contribution in [0.2, 0.25) is 0 Å². The van der Waals surface area contributed by atoms with E-state index in [9.17, 15) is 9.59 Å². The third-order valence-corrected chi connectivity index (χ3v) is 3.35. The number of benzene rings is 2. The maximum atomic E-state index is 12.0. The third-order valence-electron chi connectivity index (χ3n) is 3.35. The zero-order valence-electron chi connectivity index (χ0n) is 11.3. The zero-order valence-corrected chi connectivity index (χ0v) is 11.3. The van der Waals surface area contributed by atoms with E-state index in [-0.39, 0.29) is 12.4 Å². The minimum absolute atomic E-state index is 0.223. The zero-order chi connectivity index (χ0) is 14.7. The van der Waals surface area contributed by atoms with E-state index in [1.807, 2.05) is 30.3 Å². The van der Waals surface area contributed by atoms with Crippen molar-refractivity contribution in [3.63, 3.8) is 0 Å². The van der Waals surface area contributed by atoms with Gasteiger partial charge in [-0.15, -0.1) is 0 Å². The van der Waals surface area contributed by atoms with Crippen molar-refractivity contribution < 1.29 is 19.1 Å². The van der Waals surface area contributed by atoms with Gasteiger partial charge in [0.05, 0.1) is 0 Å². The maximum Gasteiger partial charge on any atom is 0.348 e. The number of rotatable bonds is 4. The van der Waals surface area contributed by atoms with Crippen molar-refractivity contribution in [2.45, 2.75) is 12.5 Å². The maximum absolute atomic E-state index is 12.0. The molecule has 0 aromatic heterocycles. The van der Waals surface area contributed by atoms with Gasteiger partial charge in [-0.2, -0.15) is 0 Å². The normalized spacial score (nSPS) is 15.9. The fourth-order valence-corrected chi connectivity index (χ4v) is 2.25. The van der Waals surface area contributed by atoms with Crippen LogP contribution in [0, 0.1) is 0 Å². The van der Waals surface area contributed by atoms with Crippen molar-refractivity contribution in [1.82, 2.24) is 0 Å². The van der Waals surface area contributed by atoms with Gasteiger partial charge in [-0.1, -0.05) is 48.5 Å². The van der Waals surface area contributed by atoms with E-state index >= 15 is 0 Å². The van der Waals surface area contributed by atoms with E-state index in [1.165, 1.54) is 0 Å². The van der Waals surface area contributed by atoms with E-state index in [2.05, 4.69) is 0 Å². The Morgan fingerprint density at radius 1 is 1.05 bits per heavy atom. The number of Topliss-reactive ketones (excluding diaryl/α,β-unsaturated/α-hetero) is 1. The lowest BCUT2D eigenvalue weighted by molar-refractivity contribution is -0.149. The molecule has 0 spiro atoms. The quantitative estimate of drug-likeness (QED) is 0.638. The molecule has 4 heteroatoms. The Hall–Kier alpha value is -2.62. The van der Waals surface area contributed by atoms with Gasteiger partial charge >= 0.3 is 5.97 Å². The first-order valence-electron chi connectivity index (χ1n) is 6.73. The number of hydrogen-bond acceptors (Lipinski definition) is 4. The van der Waals surface area contributed by atoms with Gasteiger partial charge in [0.25, 0.3) is 0 Å². The highest BCUT2D eigenvalue weighted by Gasteiger charge is 2.30. The van der Waals surface area contributed by atoms with Crippen molar-refractivity contribution in [2.24, 2.45) is 0 Å². The lowest BCUT2D eigenvalue weighted by atomic mass is 10.1. The largest absolute Gasteiger partial charge is 0.478 e. The molecule has 0 radical (unpaired) electrons. The predicted octanol–water partition coefficient (Wildman–Crippen LogP) is 2.42. The molecule has 1 unspecified atom stereocenters. The number of para-hydroxylation sites is 1. The molecular formula is C17H14O4. The molecule has 0 bridgehead atoms. The first-order chi connectivity index (χ1) is 10.2. The monoisotopic (exact) mass is 282 g/mol. The molecule has 0 N–H and O–H groups in total. The summed E-state index contributed by atoms with van der Waals surface area (Å²) in [6.45, 7) is -0.265. The Bertz CT molecular complexity index is 639. The summed E-state index contributed by atoms with van der Waals surface area (Å²) in [4.78, 5) is 23.8. The van der Waals surface area contributed by atoms with Crippen LogP contribution in [0.25, 0.3) is 0 Å². The van der Waals surface area contributed by atoms with Gasteiger partial charge in [-0.05, 0) is 11.6 Å². The van der Waals surface area contributed by atoms with E-state index in [4.69, 9.17) is 9.47 Å². The van der Waals surface area contributed by atoms with Crippen LogP contribution in [0.4, 0.5) is 0 Å². The minimum atomic E-state index is -0.661. The van der Waals surface area contributed by atoms with Crippen LogP contribution in [0.1, 0.15) is 15.9 Å². The van der Waals surface area contributed by atoms with Crippen molar-refractivity contribution in [1.29, 1.82) is 0 Å². The highest BCUT2D eigenvalue weighted by atomic mass is 16.6. The van der Waals surface area contributed by atoms with Gasteiger partial charge in [0.15, 0.2) is 18.5 Å². The third kappa shape index (κ3) is 2.94. The van der Waals surface area contributed by atoms with Crippen LogP contribution < -0.4 is 4.74 Å². The van der Waals surface area contributed by atoms with Crippen LogP contribution in [0.3, 0.4) is 0 Å². The second-order valence-corrected chi connectivity index (χ2v) is 4.82. The predicted molar refractivity (Wildman–Crippen MR) is 76.3 cm³/mol. The van der Waals surface area contributed by atoms with Crippen LogP contribution >= 0.6 is 0 Å². The summed E-state index contributed by atoms with van der Waals surface area (Å²) in [6.07, 6.45) is -0.180. The standard InChI is InChI=1S/C17H14O4/c18-14(12-6-2-1-3-7-12)11-20-17(19)16-10-13-8-4-5-9-15(13)21-16/h1-9,16H,10-11H2. The average molecular weight is 282 g/mol. The molecule has 0 saturated carbocycles. The number of carbonyl (C=O) groups excluding carboxylic acids is 2. The number of esters is 1. The molecule has 1 atom stereocenters. The van der Waals surface area contributed by atoms with Crippen LogP contribution in [0.15, 0.2) is 54.6 Å². The Balaban J connectivity index is 1.55. The van der Waals surface area contributed by atoms with Crippen LogP contribution in [-0.2, 0) is 16.0 Å². The first kappa shape index (κ1) is 13.4. The summed E-state index contributed by atoms with van der Waals surface area (Å²) < 4.78 is 10.6. The Morgan fingerprint density at radius 2 is 1.76 bits per heavy atom. The summed E-state index contributed by atoms with van der Waals surface area (Å²) in [5.41, 5.74) is 1.51. The molecule has 2 aromatic rings. The van der Waals surface area contributed by atoms with Gasteiger partial charge < -0.3 is 9.47 Å². The number of hydrogen-bond donors (Lipinski definition) is 0. The minimum Gasteiger partial charge on any atom is -0.478 e. The number of fused-ring (bicyclic) bond motifs is 1. The fourth-order valence-electron chi connectivity index (χ4n) is 2.25. The number of ketones is 1. The SMILES string of the molecule is O=C(COC(=O)C1Cc2ccccc2O1)c1ccccc1. The molecule has 0 fully saturated rings. The molecule has 1 aliphatic rings. The lowest BCUT2D eigenvalue weighted by Gasteiger charge is -2.10. The Labute approximate surface area is 122 Å². The molecule has 1 heterocycles. The molecule has 0 aliphatic carbocycles. The first-order valence-corrected chi connectivity index (χ1v) is 6.73. The van der Waals surface area contributed by atoms with E-state index in [1.54, 1.807) is 24.3 Å². The number of ether oxygens (including phenoxy) is 2. The molecule has 21 heavy (non-hydrogen) atoms. The molecule has 0 saturated heterocycles. The van der Waals surface area contributed by atoms with Gasteiger partial charge in [0.1, 0.15) is 5.75 Å². The van der Waals surface area contributed by atoms with Crippen molar-refractivity contribution in [3.05, 3.63) is 65.7 Å². The highest BCUT2D eigenvalue weighted by molar-refractivity contribution is 5.98. The van der Waals surface area contributed by atoms with Crippen molar-refractivity contribution in [2.75, 3.05) is 6.61 Å². The van der Waals surface area contributed by atoms with Crippen LogP contribution in [-0.4, -0.2) is 24.5 Å². The highest BCUT2D eigenvalue weighted by Crippen LogP contribution is 2.28. The topological polar surface area (TPSA) is 52.6 Å². The van der Waals surface area contributed by atoms with Crippen molar-refractivity contribution >= 4 is 11.8 Å². The van der Waals surface area contributed by atoms with E-state index in [0.717, 1.165) is 5.56 Å². The summed E-state index contributed by atoms with van der Waals surface area (Å²) in [5, 5.41) is 0. The second kappa shape index (κ2) is 5.79. The summed E-state index contributed by atoms with van der Waals surface area (Å²) in [5.74, 6) is -0.0243. The molecule has 4 nitrogen and oxygen atoms in total. The van der Waals surface area contributed by atoms with Gasteiger partial charge in [0, 0.05) is 12.0 Å². The summed E-state index contributed by atoms with van der Waals surface area (Å²) in [6, 6.07) is 16.2. The smallest absolute Gasteiger partial charge is 0.348 e. The van der Waals surface area contributed by atoms with E-state index in [0.29, 0.717) is 17.7 Å². The molecule has 3 rings (SSSR count). The van der Waals surface area contributed by atoms with Gasteiger partial charge in [-0.25, -0.2) is 4.79 Å². The second-order valence-electron chi connectivity index (χ2n) is 4.82. The van der Waals surface area contributed by atoms with Gasteiger partial charge in [-0.3, -0.25) is 4.79 Å². The van der Waals surface area contributed by atoms with Crippen molar-refractivity contribution in [3.8, 4) is 5.75 Å². The van der Waals surface area contributed by atoms with E-state index < -0.39 is 12.1 Å². The van der Waals surface area contributed by atoms with Gasteiger partial charge in [0.2, 0.25) is 0 Å². The molecular weight excluding hydrogens is 268 g/mol. The Morgan fingerprint density at radius 3 is 2.52 bits per heavy atom. The molecule has 2 aromatic carbocycles. The van der Waals surface area contributed by atoms with Crippen LogP contribution in [0.5, 0.6) is 5.75 Å². The lowest BCUT2D eigenvalue weighted by Crippen LogP contribution is -2.29. The average Bonchev–Trinajstić information content (AvgIpc) is 2.97. The summed E-state index contributed by atoms with van der Waals surface area (Å²) in [7, 11) is 0.